The van der Waals surface area contributed by atoms with E-state index in [0.717, 1.165) is 12.5 Å². The summed E-state index contributed by atoms with van der Waals surface area (Å²) < 4.78 is 48.5. The molecule has 198 valence electrons. The van der Waals surface area contributed by atoms with E-state index in [2.05, 4.69) is 5.32 Å². The van der Waals surface area contributed by atoms with Crippen molar-refractivity contribution in [3.05, 3.63) is 65.7 Å². The second-order valence-corrected chi connectivity index (χ2v) is 9.97. The monoisotopic (exact) mass is 517 g/mol. The third-order valence-corrected chi connectivity index (χ3v) is 7.81. The Bertz CT molecular complexity index is 1160. The highest BCUT2D eigenvalue weighted by Crippen LogP contribution is 2.51. The molecule has 2 aromatic rings. The molecule has 0 bridgehead atoms. The number of nitrogens with two attached hydrogens (primary N) is 1. The number of primary amides is 1. The normalized spacial score (nSPS) is 21.1. The second-order valence-electron chi connectivity index (χ2n) is 9.97. The van der Waals surface area contributed by atoms with E-state index in [1.165, 1.54) is 29.2 Å². The number of ether oxygens (including phenoxy) is 1. The molecule has 37 heavy (non-hydrogen) atoms. The quantitative estimate of drug-likeness (QED) is 0.614. The van der Waals surface area contributed by atoms with Crippen LogP contribution in [-0.2, 0) is 19.8 Å². The predicted molar refractivity (Wildman–Crippen MR) is 130 cm³/mol. The van der Waals surface area contributed by atoms with E-state index in [-0.39, 0.29) is 43.5 Å². The number of benzene rings is 2. The lowest BCUT2D eigenvalue weighted by molar-refractivity contribution is -0.198. The van der Waals surface area contributed by atoms with Crippen molar-refractivity contribution in [2.24, 2.45) is 11.1 Å². The molecular formula is C27H30F3N3O4. The van der Waals surface area contributed by atoms with Gasteiger partial charge in [0.05, 0.1) is 0 Å². The van der Waals surface area contributed by atoms with Gasteiger partial charge in [0.1, 0.15) is 5.75 Å². The number of rotatable bonds is 6. The van der Waals surface area contributed by atoms with E-state index in [1.807, 2.05) is 12.1 Å². The number of likely N-dealkylation sites (tertiary alicyclic amines) is 1. The number of halogens is 3. The topological polar surface area (TPSA) is 102 Å². The van der Waals surface area contributed by atoms with Crippen molar-refractivity contribution in [1.29, 1.82) is 0 Å². The van der Waals surface area contributed by atoms with Crippen molar-refractivity contribution in [2.45, 2.75) is 43.7 Å². The van der Waals surface area contributed by atoms with Crippen LogP contribution in [0.1, 0.15) is 43.2 Å². The molecule has 2 saturated heterocycles. The first-order valence-electron chi connectivity index (χ1n) is 12.2. The molecule has 1 unspecified atom stereocenters. The molecule has 2 aliphatic heterocycles. The molecule has 3 N–H and O–H groups in total. The molecule has 3 amide bonds. The first-order chi connectivity index (χ1) is 17.5. The summed E-state index contributed by atoms with van der Waals surface area (Å²) in [6, 6.07) is 14.4. The maximum Gasteiger partial charge on any atom is 0.406 e. The van der Waals surface area contributed by atoms with Crippen molar-refractivity contribution in [1.82, 2.24) is 10.2 Å². The van der Waals surface area contributed by atoms with Gasteiger partial charge in [-0.3, -0.25) is 14.4 Å². The third kappa shape index (κ3) is 5.01. The molecule has 10 heteroatoms. The highest BCUT2D eigenvalue weighted by atomic mass is 19.4. The summed E-state index contributed by atoms with van der Waals surface area (Å²) in [5, 5.41) is 2.88. The number of para-hydroxylation sites is 1. The van der Waals surface area contributed by atoms with Crippen LogP contribution in [0.2, 0.25) is 0 Å². The Morgan fingerprint density at radius 1 is 1.08 bits per heavy atom. The molecule has 4 rings (SSSR count). The molecule has 2 atom stereocenters. The number of hydrogen-bond donors (Lipinski definition) is 2. The maximum atomic E-state index is 14.3. The summed E-state index contributed by atoms with van der Waals surface area (Å²) in [5.74, 6) is -1.51. The summed E-state index contributed by atoms with van der Waals surface area (Å²) >= 11 is 0. The fourth-order valence-electron chi connectivity index (χ4n) is 5.60. The Kier molecular flexibility index (Phi) is 7.21. The van der Waals surface area contributed by atoms with Gasteiger partial charge in [-0.15, -0.1) is 0 Å². The molecule has 0 aromatic heterocycles. The Morgan fingerprint density at radius 2 is 1.70 bits per heavy atom. The van der Waals surface area contributed by atoms with Crippen LogP contribution in [-0.4, -0.2) is 55.0 Å². The summed E-state index contributed by atoms with van der Waals surface area (Å²) in [7, 11) is 0. The number of alkyl halides is 3. The molecular weight excluding hydrogens is 487 g/mol. The zero-order chi connectivity index (χ0) is 26.8. The van der Waals surface area contributed by atoms with E-state index < -0.39 is 28.8 Å². The summed E-state index contributed by atoms with van der Waals surface area (Å²) in [5.41, 5.74) is 2.65. The summed E-state index contributed by atoms with van der Waals surface area (Å²) in [4.78, 5) is 38.4. The van der Waals surface area contributed by atoms with E-state index >= 15 is 0 Å². The molecule has 0 saturated carbocycles. The lowest BCUT2D eigenvalue weighted by Gasteiger charge is -2.50. The third-order valence-electron chi connectivity index (χ3n) is 7.81. The smallest absolute Gasteiger partial charge is 0.406 e. The average Bonchev–Trinajstić information content (AvgIpc) is 2.87. The molecule has 7 nitrogen and oxygen atoms in total. The van der Waals surface area contributed by atoms with Crippen LogP contribution in [0.5, 0.6) is 5.75 Å². The van der Waals surface area contributed by atoms with Gasteiger partial charge >= 0.3 is 6.18 Å². The van der Waals surface area contributed by atoms with Crippen molar-refractivity contribution in [3.63, 3.8) is 0 Å². The van der Waals surface area contributed by atoms with E-state index in [4.69, 9.17) is 10.5 Å². The molecule has 2 aliphatic rings. The number of nitrogens with one attached hydrogen (secondary N) is 1. The predicted octanol–water partition coefficient (Wildman–Crippen LogP) is 3.28. The number of nitrogens with zero attached hydrogens (tertiary/aromatic N) is 1. The van der Waals surface area contributed by atoms with E-state index in [9.17, 15) is 27.6 Å². The van der Waals surface area contributed by atoms with Gasteiger partial charge < -0.3 is 20.7 Å². The molecule has 0 aliphatic carbocycles. The Hall–Kier alpha value is -3.56. The van der Waals surface area contributed by atoms with Crippen molar-refractivity contribution >= 4 is 17.7 Å². The first kappa shape index (κ1) is 26.5. The standard InChI is InChI=1S/C27H30F3N3O4/c1-25(27(28,29)30,18-7-3-2-4-8-18)24(36)33-13-11-26(12-14-33)15-23(35)32-16-20(26)19-9-5-6-10-21(19)37-17-22(31)34/h2-10,20H,11-17H2,1H3,(H2,31,34)(H,32,35)/t20?,25-/m0/s1. The fourth-order valence-corrected chi connectivity index (χ4v) is 5.60. The van der Waals surface area contributed by atoms with Crippen molar-refractivity contribution in [3.8, 4) is 5.75 Å². The first-order valence-corrected chi connectivity index (χ1v) is 12.2. The van der Waals surface area contributed by atoms with Crippen molar-refractivity contribution in [2.75, 3.05) is 26.2 Å². The van der Waals surface area contributed by atoms with Crippen LogP contribution in [0, 0.1) is 5.41 Å². The Labute approximate surface area is 213 Å². The fraction of sp³-hybridized carbons (Fsp3) is 0.444. The molecule has 1 spiro atoms. The Morgan fingerprint density at radius 3 is 2.32 bits per heavy atom. The highest BCUT2D eigenvalue weighted by Gasteiger charge is 2.60. The van der Waals surface area contributed by atoms with Gasteiger partial charge in [-0.05, 0) is 42.4 Å². The molecule has 2 fully saturated rings. The van der Waals surface area contributed by atoms with Gasteiger partial charge in [-0.1, -0.05) is 48.5 Å². The van der Waals surface area contributed by atoms with Gasteiger partial charge in [-0.2, -0.15) is 13.2 Å². The number of piperidine rings is 2. The van der Waals surface area contributed by atoms with Gasteiger partial charge in [0.2, 0.25) is 11.8 Å². The van der Waals surface area contributed by atoms with Crippen LogP contribution in [0.25, 0.3) is 0 Å². The van der Waals surface area contributed by atoms with Crippen LogP contribution < -0.4 is 15.8 Å². The van der Waals surface area contributed by atoms with Gasteiger partial charge in [0, 0.05) is 32.0 Å². The van der Waals surface area contributed by atoms with Crippen LogP contribution in [0.15, 0.2) is 54.6 Å². The van der Waals surface area contributed by atoms with Crippen LogP contribution in [0.4, 0.5) is 13.2 Å². The van der Waals surface area contributed by atoms with Crippen LogP contribution >= 0.6 is 0 Å². The van der Waals surface area contributed by atoms with Gasteiger partial charge in [0.25, 0.3) is 5.91 Å². The molecule has 2 aromatic carbocycles. The summed E-state index contributed by atoms with van der Waals surface area (Å²) in [6.45, 7) is 1.12. The van der Waals surface area contributed by atoms with Crippen molar-refractivity contribution < 1.29 is 32.3 Å². The zero-order valence-electron chi connectivity index (χ0n) is 20.5. The average molecular weight is 518 g/mol. The van der Waals surface area contributed by atoms with Crippen LogP contribution in [0.3, 0.4) is 0 Å². The maximum absolute atomic E-state index is 14.3. The number of carbonyl (C=O) groups is 3. The largest absolute Gasteiger partial charge is 0.483 e. The lowest BCUT2D eigenvalue weighted by Crippen LogP contribution is -2.58. The second kappa shape index (κ2) is 10.1. The molecule has 2 heterocycles. The minimum Gasteiger partial charge on any atom is -0.483 e. The SMILES string of the molecule is C[C@@](C(=O)N1CCC2(CC1)CC(=O)NCC2c1ccccc1OCC(N)=O)(c1ccccc1)C(F)(F)F. The number of amides is 3. The molecule has 0 radical (unpaired) electrons. The zero-order valence-corrected chi connectivity index (χ0v) is 20.5. The lowest BCUT2D eigenvalue weighted by atomic mass is 9.62. The summed E-state index contributed by atoms with van der Waals surface area (Å²) in [6.07, 6.45) is -3.91. The Balaban J connectivity index is 1.60. The number of hydrogen-bond acceptors (Lipinski definition) is 4. The van der Waals surface area contributed by atoms with Gasteiger partial charge in [0.15, 0.2) is 12.0 Å². The highest BCUT2D eigenvalue weighted by molar-refractivity contribution is 5.89. The minimum absolute atomic E-state index is 0.0887. The number of carbonyl (C=O) groups excluding carboxylic acids is 3. The van der Waals surface area contributed by atoms with E-state index in [1.54, 1.807) is 18.2 Å². The minimum atomic E-state index is -4.79. The van der Waals surface area contributed by atoms with E-state index in [0.29, 0.717) is 25.1 Å². The van der Waals surface area contributed by atoms with Gasteiger partial charge in [-0.25, -0.2) is 0 Å².